The lowest BCUT2D eigenvalue weighted by Crippen LogP contribution is -2.30. The second kappa shape index (κ2) is 6.06. The first kappa shape index (κ1) is 12.5. The van der Waals surface area contributed by atoms with E-state index in [1.165, 1.54) is 24.8 Å². The first-order valence-electron chi connectivity index (χ1n) is 6.88. The van der Waals surface area contributed by atoms with Gasteiger partial charge in [-0.25, -0.2) is 4.98 Å². The third kappa shape index (κ3) is 3.26. The number of nitrogens with zero attached hydrogens (tertiary/aromatic N) is 2. The second-order valence-corrected chi connectivity index (χ2v) is 5.72. The van der Waals surface area contributed by atoms with Crippen molar-refractivity contribution in [2.75, 3.05) is 23.3 Å². The van der Waals surface area contributed by atoms with Gasteiger partial charge in [-0.1, -0.05) is 0 Å². The van der Waals surface area contributed by atoms with Crippen LogP contribution in [-0.4, -0.2) is 18.1 Å². The number of piperidine rings is 1. The van der Waals surface area contributed by atoms with Crippen LogP contribution >= 0.6 is 11.3 Å². The zero-order chi connectivity index (χ0) is 12.9. The number of aromatic nitrogens is 1. The van der Waals surface area contributed by atoms with Crippen LogP contribution < -0.4 is 10.2 Å². The summed E-state index contributed by atoms with van der Waals surface area (Å²) >= 11 is 1.73. The lowest BCUT2D eigenvalue weighted by atomic mass is 10.1. The second-order valence-electron chi connectivity index (χ2n) is 4.94. The van der Waals surface area contributed by atoms with Crippen LogP contribution in [0.1, 0.15) is 24.8 Å². The molecule has 3 heterocycles. The van der Waals surface area contributed by atoms with Crippen molar-refractivity contribution in [3.8, 4) is 0 Å². The van der Waals surface area contributed by atoms with Crippen molar-refractivity contribution in [1.29, 1.82) is 0 Å². The van der Waals surface area contributed by atoms with E-state index >= 15 is 0 Å². The number of nitrogens with one attached hydrogen (secondary N) is 1. The molecule has 0 spiro atoms. The van der Waals surface area contributed by atoms with E-state index in [2.05, 4.69) is 44.2 Å². The van der Waals surface area contributed by atoms with E-state index in [9.17, 15) is 0 Å². The van der Waals surface area contributed by atoms with Gasteiger partial charge in [0.25, 0.3) is 0 Å². The molecule has 100 valence electrons. The van der Waals surface area contributed by atoms with Gasteiger partial charge in [-0.15, -0.1) is 0 Å². The highest BCUT2D eigenvalue weighted by Gasteiger charge is 2.11. The average Bonchev–Trinajstić information content (AvgIpc) is 3.00. The van der Waals surface area contributed by atoms with E-state index in [1.807, 2.05) is 6.20 Å². The minimum absolute atomic E-state index is 0.869. The maximum atomic E-state index is 4.57. The van der Waals surface area contributed by atoms with Crippen molar-refractivity contribution in [2.45, 2.75) is 25.8 Å². The fraction of sp³-hybridized carbons (Fsp3) is 0.400. The molecular weight excluding hydrogens is 254 g/mol. The van der Waals surface area contributed by atoms with Gasteiger partial charge < -0.3 is 10.2 Å². The lowest BCUT2D eigenvalue weighted by Gasteiger charge is -2.27. The van der Waals surface area contributed by atoms with Crippen LogP contribution in [0.2, 0.25) is 0 Å². The summed E-state index contributed by atoms with van der Waals surface area (Å²) in [5, 5.41) is 7.68. The Kier molecular flexibility index (Phi) is 3.98. The minimum Gasteiger partial charge on any atom is -0.380 e. The summed E-state index contributed by atoms with van der Waals surface area (Å²) < 4.78 is 0. The Balaban J connectivity index is 1.58. The summed E-state index contributed by atoms with van der Waals surface area (Å²) in [5.41, 5.74) is 2.41. The third-order valence-corrected chi connectivity index (χ3v) is 4.24. The molecule has 3 nitrogen and oxygen atoms in total. The molecule has 0 bridgehead atoms. The molecule has 0 aromatic carbocycles. The van der Waals surface area contributed by atoms with Gasteiger partial charge in [-0.2, -0.15) is 11.3 Å². The summed E-state index contributed by atoms with van der Waals surface area (Å²) in [6.07, 6.45) is 5.88. The Labute approximate surface area is 118 Å². The largest absolute Gasteiger partial charge is 0.380 e. The molecule has 0 saturated carbocycles. The first-order chi connectivity index (χ1) is 9.42. The Bertz CT molecular complexity index is 487. The molecule has 0 amide bonds. The number of pyridine rings is 1. The molecule has 3 rings (SSSR count). The molecule has 1 N–H and O–H groups in total. The summed E-state index contributed by atoms with van der Waals surface area (Å²) in [6.45, 7) is 3.16. The number of anilines is 2. The van der Waals surface area contributed by atoms with Crippen LogP contribution in [0.4, 0.5) is 11.5 Å². The van der Waals surface area contributed by atoms with E-state index in [1.54, 1.807) is 11.3 Å². The van der Waals surface area contributed by atoms with Crippen LogP contribution in [0.5, 0.6) is 0 Å². The standard InChI is InChI=1S/C15H19N3S/c1-2-7-18(8-3-1)15-5-4-14(11-17-15)16-10-13-6-9-19-12-13/h4-6,9,11-12,16H,1-3,7-8,10H2. The molecule has 0 radical (unpaired) electrons. The van der Waals surface area contributed by atoms with E-state index < -0.39 is 0 Å². The van der Waals surface area contributed by atoms with Crippen molar-refractivity contribution >= 4 is 22.8 Å². The molecule has 1 aliphatic rings. The predicted octanol–water partition coefficient (Wildman–Crippen LogP) is 3.75. The maximum absolute atomic E-state index is 4.57. The van der Waals surface area contributed by atoms with E-state index in [0.717, 1.165) is 31.1 Å². The van der Waals surface area contributed by atoms with Gasteiger partial charge in [-0.05, 0) is 53.8 Å². The van der Waals surface area contributed by atoms with Crippen molar-refractivity contribution in [2.24, 2.45) is 0 Å². The van der Waals surface area contributed by atoms with Crippen LogP contribution in [0, 0.1) is 0 Å². The molecule has 0 aliphatic carbocycles. The van der Waals surface area contributed by atoms with Gasteiger partial charge in [0.2, 0.25) is 0 Å². The molecule has 4 heteroatoms. The zero-order valence-electron chi connectivity index (χ0n) is 11.0. The maximum Gasteiger partial charge on any atom is 0.128 e. The molecule has 0 atom stereocenters. The summed E-state index contributed by atoms with van der Waals surface area (Å²) in [5.74, 6) is 1.11. The van der Waals surface area contributed by atoms with Gasteiger partial charge in [0, 0.05) is 19.6 Å². The topological polar surface area (TPSA) is 28.2 Å². The molecular formula is C15H19N3S. The smallest absolute Gasteiger partial charge is 0.128 e. The van der Waals surface area contributed by atoms with Crippen LogP contribution in [0.25, 0.3) is 0 Å². The minimum atomic E-state index is 0.869. The zero-order valence-corrected chi connectivity index (χ0v) is 11.8. The van der Waals surface area contributed by atoms with Crippen molar-refractivity contribution in [1.82, 2.24) is 4.98 Å². The first-order valence-corrected chi connectivity index (χ1v) is 7.82. The number of rotatable bonds is 4. The Morgan fingerprint density at radius 2 is 2.05 bits per heavy atom. The van der Waals surface area contributed by atoms with Crippen molar-refractivity contribution in [3.63, 3.8) is 0 Å². The number of thiophene rings is 1. The Morgan fingerprint density at radius 1 is 1.16 bits per heavy atom. The highest BCUT2D eigenvalue weighted by molar-refractivity contribution is 7.07. The van der Waals surface area contributed by atoms with Crippen LogP contribution in [-0.2, 0) is 6.54 Å². The average molecular weight is 273 g/mol. The van der Waals surface area contributed by atoms with E-state index in [-0.39, 0.29) is 0 Å². The van der Waals surface area contributed by atoms with Gasteiger partial charge in [0.15, 0.2) is 0 Å². The van der Waals surface area contributed by atoms with Crippen molar-refractivity contribution < 1.29 is 0 Å². The summed E-state index contributed by atoms with van der Waals surface area (Å²) in [4.78, 5) is 6.95. The van der Waals surface area contributed by atoms with E-state index in [4.69, 9.17) is 0 Å². The van der Waals surface area contributed by atoms with Crippen LogP contribution in [0.15, 0.2) is 35.2 Å². The number of hydrogen-bond donors (Lipinski definition) is 1. The Hall–Kier alpha value is -1.55. The van der Waals surface area contributed by atoms with Gasteiger partial charge in [0.05, 0.1) is 11.9 Å². The molecule has 19 heavy (non-hydrogen) atoms. The highest BCUT2D eigenvalue weighted by atomic mass is 32.1. The predicted molar refractivity (Wildman–Crippen MR) is 81.9 cm³/mol. The summed E-state index contributed by atoms with van der Waals surface area (Å²) in [7, 11) is 0. The lowest BCUT2D eigenvalue weighted by molar-refractivity contribution is 0.573. The molecule has 0 unspecified atom stereocenters. The molecule has 1 fully saturated rings. The fourth-order valence-electron chi connectivity index (χ4n) is 2.40. The molecule has 1 aliphatic heterocycles. The summed E-state index contributed by atoms with van der Waals surface area (Å²) in [6, 6.07) is 6.40. The van der Waals surface area contributed by atoms with Crippen LogP contribution in [0.3, 0.4) is 0 Å². The monoisotopic (exact) mass is 273 g/mol. The highest BCUT2D eigenvalue weighted by Crippen LogP contribution is 2.19. The SMILES string of the molecule is c1cc(CNc2ccc(N3CCCCC3)nc2)cs1. The fourth-order valence-corrected chi connectivity index (χ4v) is 3.07. The van der Waals surface area contributed by atoms with E-state index in [0.29, 0.717) is 0 Å². The number of hydrogen-bond acceptors (Lipinski definition) is 4. The van der Waals surface area contributed by atoms with Gasteiger partial charge >= 0.3 is 0 Å². The normalized spacial score (nSPS) is 15.5. The molecule has 1 saturated heterocycles. The molecule has 2 aromatic heterocycles. The Morgan fingerprint density at radius 3 is 2.74 bits per heavy atom. The van der Waals surface area contributed by atoms with Gasteiger partial charge in [-0.3, -0.25) is 0 Å². The van der Waals surface area contributed by atoms with Crippen molar-refractivity contribution in [3.05, 3.63) is 40.7 Å². The molecule has 2 aromatic rings. The third-order valence-electron chi connectivity index (χ3n) is 3.50. The van der Waals surface area contributed by atoms with Gasteiger partial charge in [0.1, 0.15) is 5.82 Å². The quantitative estimate of drug-likeness (QED) is 0.919.